The lowest BCUT2D eigenvalue weighted by Crippen LogP contribution is -2.14. The van der Waals surface area contributed by atoms with Crippen LogP contribution in [0.15, 0.2) is 40.5 Å². The zero-order valence-corrected chi connectivity index (χ0v) is 11.1. The Morgan fingerprint density at radius 3 is 2.56 bits per heavy atom. The van der Waals surface area contributed by atoms with Crippen molar-refractivity contribution in [1.82, 2.24) is 9.97 Å². The lowest BCUT2D eigenvalue weighted by Gasteiger charge is -2.07. The Kier molecular flexibility index (Phi) is 3.62. The van der Waals surface area contributed by atoms with Crippen molar-refractivity contribution < 1.29 is 0 Å². The number of hydrogen-bond donors (Lipinski definition) is 2. The van der Waals surface area contributed by atoms with E-state index in [-0.39, 0.29) is 5.84 Å². The van der Waals surface area contributed by atoms with Gasteiger partial charge in [0.25, 0.3) is 0 Å². The predicted molar refractivity (Wildman–Crippen MR) is 73.1 cm³/mol. The SMILES string of the molecule is Cc1ccc(Sc2nccnc2C(=N)N)cc1C. The Bertz CT molecular complexity index is 595. The number of nitrogen functional groups attached to an aromatic ring is 1. The fourth-order valence-electron chi connectivity index (χ4n) is 1.47. The van der Waals surface area contributed by atoms with Crippen LogP contribution in [0.5, 0.6) is 0 Å². The van der Waals surface area contributed by atoms with Gasteiger partial charge in [-0.05, 0) is 37.1 Å². The van der Waals surface area contributed by atoms with Gasteiger partial charge in [0.1, 0.15) is 16.6 Å². The Balaban J connectivity index is 2.34. The lowest BCUT2D eigenvalue weighted by atomic mass is 10.1. The maximum absolute atomic E-state index is 7.48. The van der Waals surface area contributed by atoms with E-state index in [0.717, 1.165) is 4.90 Å². The van der Waals surface area contributed by atoms with E-state index in [9.17, 15) is 0 Å². The summed E-state index contributed by atoms with van der Waals surface area (Å²) in [6.07, 6.45) is 3.15. The van der Waals surface area contributed by atoms with E-state index in [2.05, 4.69) is 35.9 Å². The van der Waals surface area contributed by atoms with Crippen LogP contribution in [0.25, 0.3) is 0 Å². The summed E-state index contributed by atoms with van der Waals surface area (Å²) >= 11 is 1.47. The van der Waals surface area contributed by atoms with Gasteiger partial charge in [-0.3, -0.25) is 5.41 Å². The molecule has 1 aromatic heterocycles. The van der Waals surface area contributed by atoms with Gasteiger partial charge in [-0.2, -0.15) is 0 Å². The lowest BCUT2D eigenvalue weighted by molar-refractivity contribution is 1.03. The fourth-order valence-corrected chi connectivity index (χ4v) is 2.44. The second kappa shape index (κ2) is 5.18. The van der Waals surface area contributed by atoms with Gasteiger partial charge in [0.2, 0.25) is 0 Å². The number of nitrogens with one attached hydrogen (secondary N) is 1. The van der Waals surface area contributed by atoms with Crippen LogP contribution in [0.4, 0.5) is 0 Å². The zero-order valence-electron chi connectivity index (χ0n) is 10.3. The van der Waals surface area contributed by atoms with Crippen LogP contribution in [0.3, 0.4) is 0 Å². The van der Waals surface area contributed by atoms with Crippen LogP contribution in [0.2, 0.25) is 0 Å². The largest absolute Gasteiger partial charge is 0.382 e. The van der Waals surface area contributed by atoms with Crippen LogP contribution in [-0.4, -0.2) is 15.8 Å². The number of nitrogens with two attached hydrogens (primary N) is 1. The summed E-state index contributed by atoms with van der Waals surface area (Å²) in [5, 5.41) is 8.14. The Morgan fingerprint density at radius 1 is 1.17 bits per heavy atom. The molecule has 0 fully saturated rings. The van der Waals surface area contributed by atoms with Crippen LogP contribution >= 0.6 is 11.8 Å². The molecule has 4 nitrogen and oxygen atoms in total. The summed E-state index contributed by atoms with van der Waals surface area (Å²) in [5.74, 6) is -0.0607. The van der Waals surface area contributed by atoms with Crippen molar-refractivity contribution in [3.63, 3.8) is 0 Å². The molecular formula is C13H14N4S. The molecule has 0 saturated carbocycles. The molecule has 0 aliphatic rings. The van der Waals surface area contributed by atoms with Crippen molar-refractivity contribution in [1.29, 1.82) is 5.41 Å². The minimum absolute atomic E-state index is 0.0607. The molecule has 0 amide bonds. The van der Waals surface area contributed by atoms with Gasteiger partial charge >= 0.3 is 0 Å². The molecule has 0 unspecified atom stereocenters. The Morgan fingerprint density at radius 2 is 1.89 bits per heavy atom. The first-order chi connectivity index (χ1) is 8.58. The second-order valence-electron chi connectivity index (χ2n) is 3.97. The molecular weight excluding hydrogens is 244 g/mol. The molecule has 1 aromatic carbocycles. The minimum atomic E-state index is -0.0607. The highest BCUT2D eigenvalue weighted by atomic mass is 32.2. The highest BCUT2D eigenvalue weighted by molar-refractivity contribution is 7.99. The molecule has 0 bridgehead atoms. The number of aromatic nitrogens is 2. The molecule has 2 rings (SSSR count). The van der Waals surface area contributed by atoms with E-state index in [0.29, 0.717) is 10.7 Å². The maximum Gasteiger partial charge on any atom is 0.144 e. The molecule has 0 spiro atoms. The van der Waals surface area contributed by atoms with E-state index in [1.807, 2.05) is 6.07 Å². The van der Waals surface area contributed by atoms with Crippen molar-refractivity contribution in [3.8, 4) is 0 Å². The van der Waals surface area contributed by atoms with Crippen molar-refractivity contribution in [2.45, 2.75) is 23.8 Å². The first-order valence-corrected chi connectivity index (χ1v) is 6.30. The summed E-state index contributed by atoms with van der Waals surface area (Å²) in [5.41, 5.74) is 8.41. The van der Waals surface area contributed by atoms with Gasteiger partial charge in [0, 0.05) is 17.3 Å². The normalized spacial score (nSPS) is 10.3. The van der Waals surface area contributed by atoms with E-state index >= 15 is 0 Å². The number of aryl methyl sites for hydroxylation is 2. The summed E-state index contributed by atoms with van der Waals surface area (Å²) in [6.45, 7) is 4.15. The van der Waals surface area contributed by atoms with E-state index in [1.54, 1.807) is 12.4 Å². The molecule has 3 N–H and O–H groups in total. The zero-order chi connectivity index (χ0) is 13.1. The van der Waals surface area contributed by atoms with E-state index in [1.165, 1.54) is 22.9 Å². The van der Waals surface area contributed by atoms with Gasteiger partial charge in [0.05, 0.1) is 0 Å². The average Bonchev–Trinajstić information content (AvgIpc) is 2.34. The van der Waals surface area contributed by atoms with Crippen molar-refractivity contribution >= 4 is 17.6 Å². The first kappa shape index (κ1) is 12.6. The third-order valence-electron chi connectivity index (χ3n) is 2.61. The molecule has 92 valence electrons. The van der Waals surface area contributed by atoms with E-state index in [4.69, 9.17) is 11.1 Å². The average molecular weight is 258 g/mol. The molecule has 18 heavy (non-hydrogen) atoms. The van der Waals surface area contributed by atoms with Crippen molar-refractivity contribution in [3.05, 3.63) is 47.4 Å². The molecule has 0 atom stereocenters. The second-order valence-corrected chi connectivity index (χ2v) is 5.03. The van der Waals surface area contributed by atoms with E-state index < -0.39 is 0 Å². The van der Waals surface area contributed by atoms with Gasteiger partial charge in [-0.1, -0.05) is 17.8 Å². The monoisotopic (exact) mass is 258 g/mol. The smallest absolute Gasteiger partial charge is 0.144 e. The topological polar surface area (TPSA) is 75.7 Å². The molecule has 0 aliphatic carbocycles. The molecule has 2 aromatic rings. The Labute approximate surface area is 110 Å². The predicted octanol–water partition coefficient (Wildman–Crippen LogP) is 2.53. The molecule has 0 radical (unpaired) electrons. The number of hydrogen-bond acceptors (Lipinski definition) is 4. The van der Waals surface area contributed by atoms with Crippen LogP contribution in [0, 0.1) is 19.3 Å². The summed E-state index contributed by atoms with van der Waals surface area (Å²) < 4.78 is 0. The number of nitrogens with zero attached hydrogens (tertiary/aromatic N) is 2. The Hall–Kier alpha value is -1.88. The summed E-state index contributed by atoms with van der Waals surface area (Å²) in [7, 11) is 0. The third-order valence-corrected chi connectivity index (χ3v) is 3.59. The molecule has 1 heterocycles. The highest BCUT2D eigenvalue weighted by Crippen LogP contribution is 2.28. The van der Waals surface area contributed by atoms with Crippen LogP contribution < -0.4 is 5.73 Å². The number of rotatable bonds is 3. The maximum atomic E-state index is 7.48. The third kappa shape index (κ3) is 2.68. The van der Waals surface area contributed by atoms with Gasteiger partial charge in [0.15, 0.2) is 0 Å². The van der Waals surface area contributed by atoms with Gasteiger partial charge in [-0.25, -0.2) is 9.97 Å². The molecule has 0 aliphatic heterocycles. The fraction of sp³-hybridized carbons (Fsp3) is 0.154. The molecule has 0 saturated heterocycles. The standard InChI is InChI=1S/C13H14N4S/c1-8-3-4-10(7-9(8)2)18-13-11(12(14)15)16-5-6-17-13/h3-7H,1-2H3,(H3,14,15). The minimum Gasteiger partial charge on any atom is -0.382 e. The summed E-state index contributed by atoms with van der Waals surface area (Å²) in [6, 6.07) is 6.20. The van der Waals surface area contributed by atoms with Gasteiger partial charge in [-0.15, -0.1) is 0 Å². The van der Waals surface area contributed by atoms with Crippen molar-refractivity contribution in [2.75, 3.05) is 0 Å². The number of benzene rings is 1. The van der Waals surface area contributed by atoms with Crippen LogP contribution in [0.1, 0.15) is 16.8 Å². The highest BCUT2D eigenvalue weighted by Gasteiger charge is 2.09. The number of amidine groups is 1. The van der Waals surface area contributed by atoms with Gasteiger partial charge < -0.3 is 5.73 Å². The summed E-state index contributed by atoms with van der Waals surface area (Å²) in [4.78, 5) is 9.38. The first-order valence-electron chi connectivity index (χ1n) is 5.48. The van der Waals surface area contributed by atoms with Crippen LogP contribution in [-0.2, 0) is 0 Å². The van der Waals surface area contributed by atoms with Crippen molar-refractivity contribution in [2.24, 2.45) is 5.73 Å². The quantitative estimate of drug-likeness (QED) is 0.655. The molecule has 5 heteroatoms.